The van der Waals surface area contributed by atoms with Gasteiger partial charge in [-0.2, -0.15) is 0 Å². The van der Waals surface area contributed by atoms with Crippen LogP contribution in [-0.4, -0.2) is 32.3 Å². The number of aliphatic carboxylic acids is 1. The highest BCUT2D eigenvalue weighted by Crippen LogP contribution is 2.19. The van der Waals surface area contributed by atoms with E-state index in [1.54, 1.807) is 13.8 Å². The van der Waals surface area contributed by atoms with Crippen molar-refractivity contribution >= 4 is 17.7 Å². The normalized spacial score (nSPS) is 14.1. The predicted molar refractivity (Wildman–Crippen MR) is 74.4 cm³/mol. The minimum absolute atomic E-state index is 0.178. The Labute approximate surface area is 115 Å². The zero-order chi connectivity index (χ0) is 14.5. The molecule has 0 radical (unpaired) electrons. The SMILES string of the molecule is CCC(N)(CCCSc1nc(C)cc(=O)[nH]1)C(=O)O. The second kappa shape index (κ2) is 6.72. The molecule has 0 aromatic carbocycles. The summed E-state index contributed by atoms with van der Waals surface area (Å²) in [5.74, 6) is -0.305. The minimum atomic E-state index is -1.16. The Hall–Kier alpha value is -1.34. The molecular formula is C12H19N3O3S. The van der Waals surface area contributed by atoms with Gasteiger partial charge in [0.1, 0.15) is 5.54 Å². The van der Waals surface area contributed by atoms with Crippen LogP contribution < -0.4 is 11.3 Å². The molecule has 1 rings (SSSR count). The molecule has 0 bridgehead atoms. The van der Waals surface area contributed by atoms with Gasteiger partial charge in [-0.1, -0.05) is 18.7 Å². The molecule has 1 aromatic rings. The van der Waals surface area contributed by atoms with Crippen LogP contribution in [0.3, 0.4) is 0 Å². The van der Waals surface area contributed by atoms with Crippen LogP contribution in [0.25, 0.3) is 0 Å². The van der Waals surface area contributed by atoms with Crippen molar-refractivity contribution in [1.29, 1.82) is 0 Å². The first kappa shape index (κ1) is 15.7. The second-order valence-corrected chi connectivity index (χ2v) is 5.54. The quantitative estimate of drug-likeness (QED) is 0.394. The molecule has 6 nitrogen and oxygen atoms in total. The lowest BCUT2D eigenvalue weighted by atomic mass is 9.92. The number of hydrogen-bond donors (Lipinski definition) is 3. The van der Waals surface area contributed by atoms with Crippen LogP contribution in [0.4, 0.5) is 0 Å². The molecule has 0 spiro atoms. The van der Waals surface area contributed by atoms with Gasteiger partial charge in [-0.3, -0.25) is 9.59 Å². The van der Waals surface area contributed by atoms with Crippen molar-refractivity contribution in [3.63, 3.8) is 0 Å². The summed E-state index contributed by atoms with van der Waals surface area (Å²) in [4.78, 5) is 29.1. The van der Waals surface area contributed by atoms with Gasteiger partial charge in [0.15, 0.2) is 5.16 Å². The maximum Gasteiger partial charge on any atom is 0.323 e. The van der Waals surface area contributed by atoms with Crippen molar-refractivity contribution in [2.24, 2.45) is 5.73 Å². The summed E-state index contributed by atoms with van der Waals surface area (Å²) in [7, 11) is 0. The van der Waals surface area contributed by atoms with Crippen LogP contribution in [0.15, 0.2) is 16.0 Å². The van der Waals surface area contributed by atoms with Crippen molar-refractivity contribution in [3.8, 4) is 0 Å². The summed E-state index contributed by atoms with van der Waals surface area (Å²) < 4.78 is 0. The third-order valence-corrected chi connectivity index (χ3v) is 3.87. The van der Waals surface area contributed by atoms with E-state index >= 15 is 0 Å². The molecule has 0 saturated heterocycles. The molecule has 1 heterocycles. The number of aromatic nitrogens is 2. The molecule has 0 aliphatic rings. The number of hydrogen-bond acceptors (Lipinski definition) is 5. The molecular weight excluding hydrogens is 266 g/mol. The molecule has 19 heavy (non-hydrogen) atoms. The number of thioether (sulfide) groups is 1. The molecule has 4 N–H and O–H groups in total. The number of aromatic amines is 1. The number of nitrogens with two attached hydrogens (primary N) is 1. The Morgan fingerprint density at radius 1 is 1.63 bits per heavy atom. The smallest absolute Gasteiger partial charge is 0.323 e. The predicted octanol–water partition coefficient (Wildman–Crippen LogP) is 1.14. The summed E-state index contributed by atoms with van der Waals surface area (Å²) in [6, 6.07) is 1.43. The van der Waals surface area contributed by atoms with Gasteiger partial charge in [-0.25, -0.2) is 4.98 Å². The lowest BCUT2D eigenvalue weighted by Gasteiger charge is -2.22. The number of carboxylic acids is 1. The first-order valence-electron chi connectivity index (χ1n) is 6.10. The largest absolute Gasteiger partial charge is 0.480 e. The standard InChI is InChI=1S/C12H19N3O3S/c1-3-12(13,10(17)18)5-4-6-19-11-14-8(2)7-9(16)15-11/h7H,3-6,13H2,1-2H3,(H,17,18)(H,14,15,16). The molecule has 0 aliphatic heterocycles. The van der Waals surface area contributed by atoms with E-state index in [-0.39, 0.29) is 5.56 Å². The lowest BCUT2D eigenvalue weighted by Crippen LogP contribution is -2.47. The van der Waals surface area contributed by atoms with Gasteiger partial charge in [0.25, 0.3) is 5.56 Å². The van der Waals surface area contributed by atoms with Crippen molar-refractivity contribution in [1.82, 2.24) is 9.97 Å². The molecule has 0 saturated carbocycles. The number of nitrogens with zero attached hydrogens (tertiary/aromatic N) is 1. The number of carboxylic acid groups (broad SMARTS) is 1. The fourth-order valence-electron chi connectivity index (χ4n) is 1.61. The zero-order valence-corrected chi connectivity index (χ0v) is 11.9. The average molecular weight is 285 g/mol. The van der Waals surface area contributed by atoms with E-state index in [9.17, 15) is 9.59 Å². The van der Waals surface area contributed by atoms with Gasteiger partial charge >= 0.3 is 5.97 Å². The number of rotatable bonds is 7. The fourth-order valence-corrected chi connectivity index (χ4v) is 2.47. The highest BCUT2D eigenvalue weighted by molar-refractivity contribution is 7.99. The summed E-state index contributed by atoms with van der Waals surface area (Å²) in [6.07, 6.45) is 1.45. The highest BCUT2D eigenvalue weighted by Gasteiger charge is 2.30. The third kappa shape index (κ3) is 4.68. The lowest BCUT2D eigenvalue weighted by molar-refractivity contribution is -0.143. The molecule has 1 atom stereocenters. The van der Waals surface area contributed by atoms with E-state index in [2.05, 4.69) is 9.97 Å². The van der Waals surface area contributed by atoms with Crippen LogP contribution in [0.5, 0.6) is 0 Å². The van der Waals surface area contributed by atoms with Gasteiger partial charge in [-0.05, 0) is 26.2 Å². The van der Waals surface area contributed by atoms with Crippen LogP contribution in [0.2, 0.25) is 0 Å². The number of aryl methyl sites for hydroxylation is 1. The minimum Gasteiger partial charge on any atom is -0.480 e. The molecule has 7 heteroatoms. The van der Waals surface area contributed by atoms with Crippen LogP contribution in [0, 0.1) is 6.92 Å². The van der Waals surface area contributed by atoms with Crippen LogP contribution >= 0.6 is 11.8 Å². The summed E-state index contributed by atoms with van der Waals surface area (Å²) in [6.45, 7) is 3.52. The maximum absolute atomic E-state index is 11.2. The van der Waals surface area contributed by atoms with Crippen molar-refractivity contribution in [2.45, 2.75) is 43.8 Å². The number of carbonyl (C=O) groups is 1. The molecule has 0 fully saturated rings. The van der Waals surface area contributed by atoms with Crippen molar-refractivity contribution < 1.29 is 9.90 Å². The topological polar surface area (TPSA) is 109 Å². The van der Waals surface area contributed by atoms with Gasteiger partial charge in [-0.15, -0.1) is 0 Å². The fraction of sp³-hybridized carbons (Fsp3) is 0.583. The van der Waals surface area contributed by atoms with E-state index in [1.807, 2.05) is 0 Å². The maximum atomic E-state index is 11.2. The first-order chi connectivity index (χ1) is 8.87. The molecule has 0 amide bonds. The van der Waals surface area contributed by atoms with Gasteiger partial charge in [0.2, 0.25) is 0 Å². The number of H-pyrrole nitrogens is 1. The Bertz CT molecular complexity index is 503. The first-order valence-corrected chi connectivity index (χ1v) is 7.09. The Kier molecular flexibility index (Phi) is 5.56. The average Bonchev–Trinajstić information content (AvgIpc) is 2.33. The van der Waals surface area contributed by atoms with Crippen molar-refractivity contribution in [3.05, 3.63) is 22.1 Å². The zero-order valence-electron chi connectivity index (χ0n) is 11.1. The third-order valence-electron chi connectivity index (χ3n) is 2.91. The summed E-state index contributed by atoms with van der Waals surface area (Å²) in [5, 5.41) is 9.59. The highest BCUT2D eigenvalue weighted by atomic mass is 32.2. The Balaban J connectivity index is 2.47. The summed E-state index contributed by atoms with van der Waals surface area (Å²) in [5.41, 5.74) is 5.11. The van der Waals surface area contributed by atoms with E-state index < -0.39 is 11.5 Å². The molecule has 1 aromatic heterocycles. The molecule has 0 aliphatic carbocycles. The van der Waals surface area contributed by atoms with Gasteiger partial charge in [0, 0.05) is 17.5 Å². The summed E-state index contributed by atoms with van der Waals surface area (Å²) >= 11 is 1.40. The van der Waals surface area contributed by atoms with Crippen LogP contribution in [0.1, 0.15) is 31.9 Å². The molecule has 106 valence electrons. The monoisotopic (exact) mass is 285 g/mol. The van der Waals surface area contributed by atoms with E-state index in [1.165, 1.54) is 17.8 Å². The van der Waals surface area contributed by atoms with E-state index in [0.29, 0.717) is 35.9 Å². The number of nitrogens with one attached hydrogen (secondary N) is 1. The second-order valence-electron chi connectivity index (χ2n) is 4.46. The van der Waals surface area contributed by atoms with E-state index in [4.69, 9.17) is 10.8 Å². The van der Waals surface area contributed by atoms with Crippen LogP contribution in [-0.2, 0) is 4.79 Å². The van der Waals surface area contributed by atoms with Crippen molar-refractivity contribution in [2.75, 3.05) is 5.75 Å². The van der Waals surface area contributed by atoms with Gasteiger partial charge < -0.3 is 15.8 Å². The Morgan fingerprint density at radius 3 is 2.84 bits per heavy atom. The molecule has 1 unspecified atom stereocenters. The Morgan fingerprint density at radius 2 is 2.32 bits per heavy atom. The van der Waals surface area contributed by atoms with Gasteiger partial charge in [0.05, 0.1) is 0 Å². The van der Waals surface area contributed by atoms with E-state index in [0.717, 1.165) is 0 Å².